The third-order valence-electron chi connectivity index (χ3n) is 4.04. The first-order valence-corrected chi connectivity index (χ1v) is 6.18. The maximum Gasteiger partial charge on any atom is 0.263 e. The van der Waals surface area contributed by atoms with E-state index in [-0.39, 0.29) is 11.0 Å². The van der Waals surface area contributed by atoms with E-state index in [1.807, 2.05) is 6.92 Å². The molecule has 0 aromatic heterocycles. The van der Waals surface area contributed by atoms with Crippen LogP contribution in [0.25, 0.3) is 0 Å². The molecule has 1 aromatic carbocycles. The molecule has 0 atom stereocenters. The largest absolute Gasteiger partial charge is 0.330 e. The Kier molecular flexibility index (Phi) is 3.48. The van der Waals surface area contributed by atoms with Crippen LogP contribution >= 0.6 is 0 Å². The van der Waals surface area contributed by atoms with Gasteiger partial charge in [-0.3, -0.25) is 0 Å². The van der Waals surface area contributed by atoms with Crippen molar-refractivity contribution in [1.29, 1.82) is 0 Å². The van der Waals surface area contributed by atoms with E-state index >= 15 is 0 Å². The Hall–Kier alpha value is -0.960. The molecule has 0 bridgehead atoms. The molecule has 1 aliphatic carbocycles. The molecule has 1 fully saturated rings. The van der Waals surface area contributed by atoms with Gasteiger partial charge in [-0.25, -0.2) is 8.78 Å². The highest BCUT2D eigenvalue weighted by molar-refractivity contribution is 5.38. The summed E-state index contributed by atoms with van der Waals surface area (Å²) in [6.07, 6.45) is 1.95. The van der Waals surface area contributed by atoms with Gasteiger partial charge in [0.15, 0.2) is 0 Å². The van der Waals surface area contributed by atoms with E-state index in [0.29, 0.717) is 6.54 Å². The predicted octanol–water partition coefficient (Wildman–Crippen LogP) is 3.70. The van der Waals surface area contributed by atoms with Crippen LogP contribution in [0.3, 0.4) is 0 Å². The van der Waals surface area contributed by atoms with Gasteiger partial charge in [0.2, 0.25) is 0 Å². The van der Waals surface area contributed by atoms with E-state index in [4.69, 9.17) is 5.73 Å². The molecule has 17 heavy (non-hydrogen) atoms. The second-order valence-electron chi connectivity index (χ2n) is 5.07. The van der Waals surface area contributed by atoms with Crippen LogP contribution in [0.4, 0.5) is 8.78 Å². The molecule has 1 aliphatic rings. The maximum absolute atomic E-state index is 12.8. The van der Waals surface area contributed by atoms with Crippen molar-refractivity contribution in [3.63, 3.8) is 0 Å². The van der Waals surface area contributed by atoms with E-state index in [0.717, 1.165) is 36.8 Å². The van der Waals surface area contributed by atoms with E-state index in [1.54, 1.807) is 12.1 Å². The summed E-state index contributed by atoms with van der Waals surface area (Å²) in [6, 6.07) is 4.98. The van der Waals surface area contributed by atoms with Crippen molar-refractivity contribution >= 4 is 0 Å². The van der Waals surface area contributed by atoms with Crippen LogP contribution in [0.1, 0.15) is 48.8 Å². The first kappa shape index (κ1) is 12.5. The Labute approximate surface area is 101 Å². The summed E-state index contributed by atoms with van der Waals surface area (Å²) < 4.78 is 25.5. The quantitative estimate of drug-likeness (QED) is 0.855. The van der Waals surface area contributed by atoms with Gasteiger partial charge in [0, 0.05) is 17.5 Å². The molecule has 0 aliphatic heterocycles. The van der Waals surface area contributed by atoms with Crippen LogP contribution in [-0.4, -0.2) is 6.54 Å². The standard InChI is InChI=1S/C14H19F2N/c1-10-4-5-11(13(15)16)8-12(10)14(9-17)6-2-3-7-14/h4-5,8,13H,2-3,6-7,9,17H2,1H3. The molecule has 1 saturated carbocycles. The summed E-state index contributed by atoms with van der Waals surface area (Å²) >= 11 is 0. The summed E-state index contributed by atoms with van der Waals surface area (Å²) in [5.41, 5.74) is 8.09. The molecule has 3 heteroatoms. The lowest BCUT2D eigenvalue weighted by Gasteiger charge is -2.30. The minimum Gasteiger partial charge on any atom is -0.330 e. The number of aryl methyl sites for hydroxylation is 1. The summed E-state index contributed by atoms with van der Waals surface area (Å²) in [5.74, 6) is 0. The van der Waals surface area contributed by atoms with Gasteiger partial charge in [-0.15, -0.1) is 0 Å². The molecule has 0 radical (unpaired) electrons. The molecule has 94 valence electrons. The molecule has 0 amide bonds. The summed E-state index contributed by atoms with van der Waals surface area (Å²) in [6.45, 7) is 2.54. The fourth-order valence-electron chi connectivity index (χ4n) is 2.98. The van der Waals surface area contributed by atoms with Gasteiger partial charge in [0.25, 0.3) is 6.43 Å². The molecule has 0 saturated heterocycles. The zero-order valence-electron chi connectivity index (χ0n) is 10.2. The first-order valence-electron chi connectivity index (χ1n) is 6.18. The normalized spacial score (nSPS) is 18.9. The Morgan fingerprint density at radius 1 is 1.29 bits per heavy atom. The second-order valence-corrected chi connectivity index (χ2v) is 5.07. The summed E-state index contributed by atoms with van der Waals surface area (Å²) in [7, 11) is 0. The van der Waals surface area contributed by atoms with Gasteiger partial charge in [0.1, 0.15) is 0 Å². The van der Waals surface area contributed by atoms with Gasteiger partial charge < -0.3 is 5.73 Å². The first-order chi connectivity index (χ1) is 8.09. The van der Waals surface area contributed by atoms with Crippen molar-refractivity contribution in [2.45, 2.75) is 44.4 Å². The van der Waals surface area contributed by atoms with Gasteiger partial charge in [-0.2, -0.15) is 0 Å². The maximum atomic E-state index is 12.8. The lowest BCUT2D eigenvalue weighted by molar-refractivity contribution is 0.151. The van der Waals surface area contributed by atoms with Gasteiger partial charge in [-0.05, 0) is 37.0 Å². The van der Waals surface area contributed by atoms with E-state index in [2.05, 4.69) is 0 Å². The Balaban J connectivity index is 2.45. The van der Waals surface area contributed by atoms with Crippen molar-refractivity contribution in [1.82, 2.24) is 0 Å². The highest BCUT2D eigenvalue weighted by Crippen LogP contribution is 2.42. The minimum atomic E-state index is -2.40. The zero-order valence-corrected chi connectivity index (χ0v) is 10.2. The number of benzene rings is 1. The van der Waals surface area contributed by atoms with E-state index < -0.39 is 6.43 Å². The zero-order chi connectivity index (χ0) is 12.5. The number of halogens is 2. The van der Waals surface area contributed by atoms with Crippen molar-refractivity contribution in [3.05, 3.63) is 34.9 Å². The van der Waals surface area contributed by atoms with Crippen molar-refractivity contribution in [3.8, 4) is 0 Å². The lowest BCUT2D eigenvalue weighted by Crippen LogP contribution is -2.32. The fraction of sp³-hybridized carbons (Fsp3) is 0.571. The molecule has 0 spiro atoms. The molecule has 1 aromatic rings. The number of nitrogens with two attached hydrogens (primary N) is 1. The number of rotatable bonds is 3. The Morgan fingerprint density at radius 3 is 2.47 bits per heavy atom. The van der Waals surface area contributed by atoms with Crippen LogP contribution in [0.15, 0.2) is 18.2 Å². The summed E-state index contributed by atoms with van der Waals surface area (Å²) in [4.78, 5) is 0. The Morgan fingerprint density at radius 2 is 1.94 bits per heavy atom. The average molecular weight is 239 g/mol. The van der Waals surface area contributed by atoms with Gasteiger partial charge in [0.05, 0.1) is 0 Å². The van der Waals surface area contributed by atoms with Crippen molar-refractivity contribution < 1.29 is 8.78 Å². The third-order valence-corrected chi connectivity index (χ3v) is 4.04. The molecule has 1 nitrogen and oxygen atoms in total. The van der Waals surface area contributed by atoms with Crippen LogP contribution in [-0.2, 0) is 5.41 Å². The predicted molar refractivity (Wildman–Crippen MR) is 65.3 cm³/mol. The van der Waals surface area contributed by atoms with Gasteiger partial charge in [-0.1, -0.05) is 25.0 Å². The highest BCUT2D eigenvalue weighted by atomic mass is 19.3. The second kappa shape index (κ2) is 4.73. The number of alkyl halides is 2. The van der Waals surface area contributed by atoms with Gasteiger partial charge >= 0.3 is 0 Å². The van der Waals surface area contributed by atoms with Crippen molar-refractivity contribution in [2.75, 3.05) is 6.54 Å². The fourth-order valence-corrected chi connectivity index (χ4v) is 2.98. The van der Waals surface area contributed by atoms with E-state index in [9.17, 15) is 8.78 Å². The van der Waals surface area contributed by atoms with Crippen LogP contribution < -0.4 is 5.73 Å². The monoisotopic (exact) mass is 239 g/mol. The minimum absolute atomic E-state index is 0.0605. The topological polar surface area (TPSA) is 26.0 Å². The molecular formula is C14H19F2N. The molecular weight excluding hydrogens is 220 g/mol. The number of hydrogen-bond donors (Lipinski definition) is 1. The highest BCUT2D eigenvalue weighted by Gasteiger charge is 2.35. The third kappa shape index (κ3) is 2.21. The van der Waals surface area contributed by atoms with Crippen LogP contribution in [0, 0.1) is 6.92 Å². The van der Waals surface area contributed by atoms with E-state index in [1.165, 1.54) is 6.07 Å². The Bertz CT molecular complexity index is 395. The molecule has 0 heterocycles. The smallest absolute Gasteiger partial charge is 0.263 e. The molecule has 2 N–H and O–H groups in total. The lowest BCUT2D eigenvalue weighted by atomic mass is 9.76. The number of hydrogen-bond acceptors (Lipinski definition) is 1. The van der Waals surface area contributed by atoms with Crippen molar-refractivity contribution in [2.24, 2.45) is 5.73 Å². The molecule has 0 unspecified atom stereocenters. The summed E-state index contributed by atoms with van der Waals surface area (Å²) in [5, 5.41) is 0. The molecule has 2 rings (SSSR count). The SMILES string of the molecule is Cc1ccc(C(F)F)cc1C1(CN)CCCC1. The average Bonchev–Trinajstić information content (AvgIpc) is 2.79. The van der Waals surface area contributed by atoms with Crippen LogP contribution in [0.2, 0.25) is 0 Å². The van der Waals surface area contributed by atoms with Crippen LogP contribution in [0.5, 0.6) is 0 Å².